The molecule has 1 atom stereocenters. The van der Waals surface area contributed by atoms with Crippen LogP contribution in [0.25, 0.3) is 0 Å². The molecule has 126 valence electrons. The van der Waals surface area contributed by atoms with Crippen LogP contribution in [0.5, 0.6) is 0 Å². The molecule has 0 aliphatic carbocycles. The Bertz CT molecular complexity index is 462. The van der Waals surface area contributed by atoms with Gasteiger partial charge in [0, 0.05) is 6.42 Å². The molecule has 0 aromatic rings. The van der Waals surface area contributed by atoms with E-state index in [4.69, 9.17) is 9.47 Å². The van der Waals surface area contributed by atoms with Crippen LogP contribution in [-0.4, -0.2) is 45.4 Å². The van der Waals surface area contributed by atoms with Crippen molar-refractivity contribution in [3.8, 4) is 0 Å². The summed E-state index contributed by atoms with van der Waals surface area (Å²) in [4.78, 5) is 36.8. The highest BCUT2D eigenvalue weighted by Crippen LogP contribution is 2.24. The van der Waals surface area contributed by atoms with Gasteiger partial charge in [-0.15, -0.1) is 5.01 Å². The zero-order chi connectivity index (χ0) is 17.3. The molecular weight excluding hydrogens is 288 g/mol. The Hall–Kier alpha value is -1.79. The van der Waals surface area contributed by atoms with E-state index in [0.717, 1.165) is 10.0 Å². The van der Waals surface area contributed by atoms with Crippen LogP contribution in [0.3, 0.4) is 0 Å². The molecule has 0 N–H and O–H groups in total. The first-order valence-electron chi connectivity index (χ1n) is 7.40. The summed E-state index contributed by atoms with van der Waals surface area (Å²) in [5, 5.41) is 1.80. The van der Waals surface area contributed by atoms with E-state index in [2.05, 4.69) is 0 Å². The van der Waals surface area contributed by atoms with Crippen molar-refractivity contribution in [3.05, 3.63) is 0 Å². The second kappa shape index (κ2) is 6.14. The molecule has 0 aromatic carbocycles. The lowest BCUT2D eigenvalue weighted by molar-refractivity contribution is -0.155. The van der Waals surface area contributed by atoms with Gasteiger partial charge in [-0.1, -0.05) is 0 Å². The van der Waals surface area contributed by atoms with Gasteiger partial charge in [-0.3, -0.25) is 4.79 Å². The van der Waals surface area contributed by atoms with E-state index >= 15 is 0 Å². The molecule has 1 rings (SSSR count). The fourth-order valence-corrected chi connectivity index (χ4v) is 1.94. The first-order valence-corrected chi connectivity index (χ1v) is 7.40. The van der Waals surface area contributed by atoms with E-state index in [9.17, 15) is 14.4 Å². The molecule has 7 heteroatoms. The summed E-state index contributed by atoms with van der Waals surface area (Å²) in [7, 11) is 0. The van der Waals surface area contributed by atoms with Crippen LogP contribution >= 0.6 is 0 Å². The lowest BCUT2D eigenvalue weighted by Gasteiger charge is -2.41. The van der Waals surface area contributed by atoms with Crippen LogP contribution in [0.1, 0.15) is 61.3 Å². The maximum absolute atomic E-state index is 12.4. The van der Waals surface area contributed by atoms with Gasteiger partial charge in [0.25, 0.3) is 5.91 Å². The number of carbonyl (C=O) groups is 3. The van der Waals surface area contributed by atoms with Crippen LogP contribution in [0.4, 0.5) is 9.59 Å². The topological polar surface area (TPSA) is 76.2 Å². The fraction of sp³-hybridized carbons (Fsp3) is 0.800. The van der Waals surface area contributed by atoms with Crippen molar-refractivity contribution in [1.29, 1.82) is 0 Å². The molecule has 1 aliphatic heterocycles. The minimum absolute atomic E-state index is 0.180. The van der Waals surface area contributed by atoms with Gasteiger partial charge in [-0.25, -0.2) is 14.6 Å². The summed E-state index contributed by atoms with van der Waals surface area (Å²) in [5.41, 5.74) is -1.49. The van der Waals surface area contributed by atoms with Gasteiger partial charge in [0.1, 0.15) is 11.2 Å². The second-order valence-corrected chi connectivity index (χ2v) is 7.40. The number of amides is 3. The Morgan fingerprint density at radius 1 is 1.00 bits per heavy atom. The van der Waals surface area contributed by atoms with E-state index in [-0.39, 0.29) is 12.5 Å². The van der Waals surface area contributed by atoms with E-state index in [1.165, 1.54) is 0 Å². The molecule has 0 saturated carbocycles. The van der Waals surface area contributed by atoms with Crippen LogP contribution in [0.2, 0.25) is 0 Å². The highest BCUT2D eigenvalue weighted by Gasteiger charge is 2.42. The van der Waals surface area contributed by atoms with Gasteiger partial charge in [-0.2, -0.15) is 0 Å². The standard InChI is InChI=1S/C15H26N2O5/c1-10-8-9-11(18)17(13(20)22-15(5,6)7)16(10)12(19)21-14(2,3)4/h10H,8-9H2,1-7H3. The fourth-order valence-electron chi connectivity index (χ4n) is 1.94. The molecule has 7 nitrogen and oxygen atoms in total. The number of rotatable bonds is 0. The Morgan fingerprint density at radius 2 is 1.45 bits per heavy atom. The van der Waals surface area contributed by atoms with Crippen LogP contribution in [0.15, 0.2) is 0 Å². The van der Waals surface area contributed by atoms with Crippen molar-refractivity contribution in [1.82, 2.24) is 10.0 Å². The highest BCUT2D eigenvalue weighted by atomic mass is 16.6. The first-order chi connectivity index (χ1) is 9.82. The van der Waals surface area contributed by atoms with Gasteiger partial charge in [0.05, 0.1) is 6.04 Å². The van der Waals surface area contributed by atoms with Gasteiger partial charge in [-0.05, 0) is 54.9 Å². The number of hydrogen-bond acceptors (Lipinski definition) is 5. The zero-order valence-corrected chi connectivity index (χ0v) is 14.4. The third-order valence-electron chi connectivity index (χ3n) is 2.79. The number of hydrazine groups is 1. The number of hydrogen-bond donors (Lipinski definition) is 0. The quantitative estimate of drug-likeness (QED) is 0.686. The molecule has 1 fully saturated rings. The maximum Gasteiger partial charge on any atom is 0.436 e. The lowest BCUT2D eigenvalue weighted by atomic mass is 10.1. The predicted octanol–water partition coefficient (Wildman–Crippen LogP) is 3.08. The molecule has 1 saturated heterocycles. The molecule has 0 radical (unpaired) electrons. The molecule has 1 unspecified atom stereocenters. The third-order valence-corrected chi connectivity index (χ3v) is 2.79. The predicted molar refractivity (Wildman–Crippen MR) is 79.8 cm³/mol. The Labute approximate surface area is 131 Å². The molecule has 0 aromatic heterocycles. The number of imide groups is 1. The number of ether oxygens (including phenoxy) is 2. The maximum atomic E-state index is 12.4. The molecule has 22 heavy (non-hydrogen) atoms. The molecule has 0 bridgehead atoms. The zero-order valence-electron chi connectivity index (χ0n) is 14.4. The summed E-state index contributed by atoms with van der Waals surface area (Å²) in [6.45, 7) is 12.0. The number of carbonyl (C=O) groups excluding carboxylic acids is 3. The molecule has 0 spiro atoms. The van der Waals surface area contributed by atoms with Crippen LogP contribution in [-0.2, 0) is 14.3 Å². The van der Waals surface area contributed by atoms with Crippen molar-refractivity contribution in [2.75, 3.05) is 0 Å². The summed E-state index contributed by atoms with van der Waals surface area (Å²) in [6.07, 6.45) is -0.953. The van der Waals surface area contributed by atoms with Gasteiger partial charge >= 0.3 is 12.2 Å². The van der Waals surface area contributed by atoms with Crippen LogP contribution < -0.4 is 0 Å². The van der Waals surface area contributed by atoms with Crippen molar-refractivity contribution in [3.63, 3.8) is 0 Å². The monoisotopic (exact) mass is 314 g/mol. The molecule has 1 heterocycles. The van der Waals surface area contributed by atoms with Gasteiger partial charge < -0.3 is 9.47 Å². The Balaban J connectivity index is 3.04. The third kappa shape index (κ3) is 4.89. The summed E-state index contributed by atoms with van der Waals surface area (Å²) in [5.74, 6) is -0.474. The lowest BCUT2D eigenvalue weighted by Crippen LogP contribution is -2.60. The van der Waals surface area contributed by atoms with E-state index < -0.39 is 29.3 Å². The summed E-state index contributed by atoms with van der Waals surface area (Å²) < 4.78 is 10.5. The van der Waals surface area contributed by atoms with Crippen LogP contribution in [0, 0.1) is 0 Å². The Morgan fingerprint density at radius 3 is 1.91 bits per heavy atom. The first kappa shape index (κ1) is 18.3. The molecule has 1 aliphatic rings. The SMILES string of the molecule is CC1CCC(=O)N(C(=O)OC(C)(C)C)N1C(=O)OC(C)(C)C. The highest BCUT2D eigenvalue weighted by molar-refractivity contribution is 5.94. The normalized spacial score (nSPS) is 20.0. The molecule has 3 amide bonds. The second-order valence-electron chi connectivity index (χ2n) is 7.40. The van der Waals surface area contributed by atoms with Crippen molar-refractivity contribution >= 4 is 18.1 Å². The average molecular weight is 314 g/mol. The minimum atomic E-state index is -0.866. The van der Waals surface area contributed by atoms with E-state index in [1.807, 2.05) is 0 Å². The number of nitrogens with zero attached hydrogens (tertiary/aromatic N) is 2. The van der Waals surface area contributed by atoms with Gasteiger partial charge in [0.2, 0.25) is 0 Å². The molecular formula is C15H26N2O5. The average Bonchev–Trinajstić information content (AvgIpc) is 2.26. The van der Waals surface area contributed by atoms with Crippen molar-refractivity contribution in [2.45, 2.75) is 78.6 Å². The van der Waals surface area contributed by atoms with E-state index in [1.54, 1.807) is 48.5 Å². The Kier molecular flexibility index (Phi) is 5.10. The smallest absolute Gasteiger partial charge is 0.436 e. The van der Waals surface area contributed by atoms with Crippen molar-refractivity contribution in [2.24, 2.45) is 0 Å². The largest absolute Gasteiger partial charge is 0.442 e. The minimum Gasteiger partial charge on any atom is -0.442 e. The summed E-state index contributed by atoms with van der Waals surface area (Å²) >= 11 is 0. The van der Waals surface area contributed by atoms with Gasteiger partial charge in [0.15, 0.2) is 0 Å². The summed E-state index contributed by atoms with van der Waals surface area (Å²) in [6, 6.07) is -0.333. The van der Waals surface area contributed by atoms with E-state index in [0.29, 0.717) is 6.42 Å². The van der Waals surface area contributed by atoms with Crippen molar-refractivity contribution < 1.29 is 23.9 Å².